The number of rotatable bonds is 6. The molecule has 1 aromatic carbocycles. The van der Waals surface area contributed by atoms with E-state index in [9.17, 15) is 43.8 Å². The van der Waals surface area contributed by atoms with Gasteiger partial charge in [0, 0.05) is 23.9 Å². The van der Waals surface area contributed by atoms with Crippen molar-refractivity contribution in [2.75, 3.05) is 19.4 Å². The number of ether oxygens (including phenoxy) is 1. The number of phenolic OH excluding ortho intramolecular Hbond substituents is 1. The lowest BCUT2D eigenvalue weighted by Crippen LogP contribution is -2.78. The third-order valence-electron chi connectivity index (χ3n) is 9.98. The van der Waals surface area contributed by atoms with E-state index < -0.39 is 88.1 Å². The van der Waals surface area contributed by atoms with Crippen molar-refractivity contribution >= 4 is 46.6 Å². The number of ketones is 4. The Morgan fingerprint density at radius 3 is 2.30 bits per heavy atom. The van der Waals surface area contributed by atoms with Crippen molar-refractivity contribution in [3.63, 3.8) is 0 Å². The van der Waals surface area contributed by atoms with Crippen LogP contribution in [0.4, 0.5) is 5.69 Å². The number of hydrogen-bond donors (Lipinski definition) is 4. The minimum atomic E-state index is -3.10. The Hall–Kier alpha value is -3.97. The zero-order valence-electron chi connectivity index (χ0n) is 25.0. The molecule has 4 aliphatic rings. The highest BCUT2D eigenvalue weighted by Crippen LogP contribution is 2.56. The Balaban J connectivity index is 1.72. The summed E-state index contributed by atoms with van der Waals surface area (Å²) in [5.74, 6) is -15.5. The Kier molecular flexibility index (Phi) is 8.00. The first-order valence-electron chi connectivity index (χ1n) is 14.9. The number of Topliss-reactive ketones (excluding diaryl/α,β-unsaturated/α-hetero) is 4. The molecule has 0 radical (unpaired) electrons. The van der Waals surface area contributed by atoms with Gasteiger partial charge in [-0.05, 0) is 50.6 Å². The minimum absolute atomic E-state index is 0.145. The zero-order valence-corrected chi connectivity index (χ0v) is 25.0. The molecule has 0 aromatic heterocycles. The molecule has 5 N–H and O–H groups in total. The Morgan fingerprint density at radius 1 is 1.09 bits per heavy atom. The van der Waals surface area contributed by atoms with Crippen molar-refractivity contribution < 1.29 is 48.5 Å². The van der Waals surface area contributed by atoms with Gasteiger partial charge in [-0.1, -0.05) is 26.7 Å². The summed E-state index contributed by atoms with van der Waals surface area (Å²) in [5.41, 5.74) is 2.47. The molecular weight excluding hydrogens is 574 g/mol. The molecule has 8 unspecified atom stereocenters. The van der Waals surface area contributed by atoms with Crippen LogP contribution in [0.2, 0.25) is 0 Å². The van der Waals surface area contributed by atoms with Crippen LogP contribution in [0.1, 0.15) is 67.8 Å². The average Bonchev–Trinajstić information content (AvgIpc) is 3.50. The molecule has 13 heteroatoms. The number of likely N-dealkylation sites (N-methyl/N-ethyl adjacent to an activating group) is 1. The summed E-state index contributed by atoms with van der Waals surface area (Å²) in [6.45, 7) is 3.13. The topological polar surface area (TPSA) is 210 Å². The summed E-state index contributed by atoms with van der Waals surface area (Å²) in [6, 6.07) is 1.18. The van der Waals surface area contributed by atoms with E-state index in [2.05, 4.69) is 5.32 Å². The molecule has 0 heterocycles. The Morgan fingerprint density at radius 2 is 1.73 bits per heavy atom. The van der Waals surface area contributed by atoms with E-state index in [1.54, 1.807) is 6.92 Å². The van der Waals surface area contributed by atoms with Gasteiger partial charge in [-0.25, -0.2) is 0 Å². The van der Waals surface area contributed by atoms with Crippen LogP contribution in [0.15, 0.2) is 12.1 Å². The maximum atomic E-state index is 14.3. The number of benzene rings is 1. The lowest BCUT2D eigenvalue weighted by Gasteiger charge is -2.56. The van der Waals surface area contributed by atoms with Crippen molar-refractivity contribution in [3.05, 3.63) is 23.3 Å². The molecule has 1 aromatic rings. The monoisotopic (exact) mass is 611 g/mol. The number of aliphatic hydroxyl groups is 1. The van der Waals surface area contributed by atoms with E-state index in [0.29, 0.717) is 12.8 Å². The Labute approximate surface area is 253 Å². The molecule has 8 atom stereocenters. The molecule has 5 rings (SSSR count). The first-order valence-corrected chi connectivity index (χ1v) is 14.9. The van der Waals surface area contributed by atoms with Gasteiger partial charge in [-0.15, -0.1) is 0 Å². The summed E-state index contributed by atoms with van der Waals surface area (Å²) < 4.78 is 5.83. The fourth-order valence-electron chi connectivity index (χ4n) is 7.95. The smallest absolute Gasteiger partial charge is 0.305 e. The molecule has 4 aliphatic carbocycles. The van der Waals surface area contributed by atoms with E-state index >= 15 is 0 Å². The lowest BCUT2D eigenvalue weighted by atomic mass is 9.49. The van der Waals surface area contributed by atoms with E-state index in [-0.39, 0.29) is 35.1 Å². The second-order valence-electron chi connectivity index (χ2n) is 12.6. The van der Waals surface area contributed by atoms with E-state index in [1.807, 2.05) is 0 Å². The summed E-state index contributed by atoms with van der Waals surface area (Å²) in [5, 5.41) is 25.8. The third-order valence-corrected chi connectivity index (χ3v) is 9.98. The highest BCUT2D eigenvalue weighted by Gasteiger charge is 2.74. The van der Waals surface area contributed by atoms with Gasteiger partial charge in [0.2, 0.25) is 11.8 Å². The average molecular weight is 612 g/mol. The number of carbonyl (C=O) groups excluding carboxylic acids is 7. The van der Waals surface area contributed by atoms with Crippen LogP contribution in [0.5, 0.6) is 5.75 Å². The molecule has 0 saturated heterocycles. The van der Waals surface area contributed by atoms with Crippen LogP contribution in [0, 0.1) is 29.6 Å². The number of nitrogens with two attached hydrogens (primary N) is 1. The van der Waals surface area contributed by atoms with Crippen LogP contribution < -0.4 is 11.1 Å². The van der Waals surface area contributed by atoms with E-state index in [1.165, 1.54) is 38.1 Å². The number of nitrogens with zero attached hydrogens (tertiary/aromatic N) is 1. The normalized spacial score (nSPS) is 33.5. The largest absolute Gasteiger partial charge is 0.507 e. The first kappa shape index (κ1) is 31.5. The number of anilines is 1. The molecule has 2 amide bonds. The molecule has 0 bridgehead atoms. The number of nitrogens with one attached hydrogen (secondary N) is 1. The van der Waals surface area contributed by atoms with Gasteiger partial charge < -0.3 is 26.0 Å². The van der Waals surface area contributed by atoms with Crippen molar-refractivity contribution in [1.29, 1.82) is 0 Å². The number of aromatic hydroxyl groups is 1. The summed E-state index contributed by atoms with van der Waals surface area (Å²) in [7, 11) is 2.87. The SMILES string of the molecule is CCC(=O)OC1C2C(C(=O)c3c(O)ccc(NC(=O)C4CCCC4)c3C2C)C(=O)C2(O)C(=O)C(C(N)=O)C(=O)C(N(C)C)C12. The van der Waals surface area contributed by atoms with Crippen LogP contribution in [0.25, 0.3) is 0 Å². The summed E-state index contributed by atoms with van der Waals surface area (Å²) in [4.78, 5) is 95.5. The van der Waals surface area contributed by atoms with Gasteiger partial charge in [0.15, 0.2) is 34.7 Å². The lowest BCUT2D eigenvalue weighted by molar-refractivity contribution is -0.205. The van der Waals surface area contributed by atoms with Crippen LogP contribution >= 0.6 is 0 Å². The molecule has 3 saturated carbocycles. The van der Waals surface area contributed by atoms with Gasteiger partial charge in [-0.2, -0.15) is 0 Å². The van der Waals surface area contributed by atoms with Crippen molar-refractivity contribution in [3.8, 4) is 5.75 Å². The van der Waals surface area contributed by atoms with Crippen LogP contribution in [0.3, 0.4) is 0 Å². The van der Waals surface area contributed by atoms with Gasteiger partial charge in [0.05, 0.1) is 23.4 Å². The van der Waals surface area contributed by atoms with Crippen molar-refractivity contribution in [1.82, 2.24) is 4.90 Å². The predicted molar refractivity (Wildman–Crippen MR) is 152 cm³/mol. The Bertz CT molecular complexity index is 1480. The zero-order chi connectivity index (χ0) is 32.4. The maximum Gasteiger partial charge on any atom is 0.305 e. The fourth-order valence-corrected chi connectivity index (χ4v) is 7.95. The fraction of sp³-hybridized carbons (Fsp3) is 0.581. The predicted octanol–water partition coefficient (Wildman–Crippen LogP) is 0.488. The van der Waals surface area contributed by atoms with Crippen LogP contribution in [-0.4, -0.2) is 87.9 Å². The first-order chi connectivity index (χ1) is 20.7. The number of fused-ring (bicyclic) bond motifs is 3. The van der Waals surface area contributed by atoms with Gasteiger partial charge in [-0.3, -0.25) is 38.5 Å². The standard InChI is InChI=1S/C31H37N3O10/c1-5-16(36)44-26-18-12(2)17-14(33-30(42)13-8-6-7-9-13)10-11-15(35)19(17)24(37)20(18)27(39)31(43)22(26)23(34(3)4)25(38)21(28(31)40)29(32)41/h10-13,18,20-23,26,35,43H,5-9H2,1-4H3,(H2,32,41)(H,33,42). The molecule has 13 nitrogen and oxygen atoms in total. The molecule has 44 heavy (non-hydrogen) atoms. The van der Waals surface area contributed by atoms with Crippen molar-refractivity contribution in [2.45, 2.75) is 69.6 Å². The number of amides is 2. The number of phenols is 1. The highest BCUT2D eigenvalue weighted by molar-refractivity contribution is 6.32. The van der Waals surface area contributed by atoms with Gasteiger partial charge in [0.1, 0.15) is 11.9 Å². The molecule has 3 fully saturated rings. The number of hydrogen-bond acceptors (Lipinski definition) is 11. The van der Waals surface area contributed by atoms with Gasteiger partial charge in [0.25, 0.3) is 0 Å². The minimum Gasteiger partial charge on any atom is -0.507 e. The molecule has 0 spiro atoms. The third kappa shape index (κ3) is 4.47. The second-order valence-corrected chi connectivity index (χ2v) is 12.6. The molecule has 0 aliphatic heterocycles. The number of carbonyl (C=O) groups is 7. The second kappa shape index (κ2) is 11.2. The number of esters is 1. The quantitative estimate of drug-likeness (QED) is 0.197. The maximum absolute atomic E-state index is 14.3. The van der Waals surface area contributed by atoms with Gasteiger partial charge >= 0.3 is 5.97 Å². The summed E-state index contributed by atoms with van der Waals surface area (Å²) in [6.07, 6.45) is 1.53. The highest BCUT2D eigenvalue weighted by atomic mass is 16.5. The van der Waals surface area contributed by atoms with E-state index in [4.69, 9.17) is 10.5 Å². The molecular formula is C31H37N3O10. The van der Waals surface area contributed by atoms with Crippen LogP contribution in [-0.2, 0) is 33.5 Å². The number of primary amides is 1. The summed E-state index contributed by atoms with van der Waals surface area (Å²) >= 11 is 0. The van der Waals surface area contributed by atoms with Crippen molar-refractivity contribution in [2.24, 2.45) is 35.3 Å². The van der Waals surface area contributed by atoms with E-state index in [0.717, 1.165) is 12.8 Å². The molecule has 236 valence electrons.